The summed E-state index contributed by atoms with van der Waals surface area (Å²) in [6.07, 6.45) is 0. The molecule has 6 nitrogen and oxygen atoms in total. The van der Waals surface area contributed by atoms with Crippen LogP contribution in [0.3, 0.4) is 0 Å². The van der Waals surface area contributed by atoms with Crippen molar-refractivity contribution < 1.29 is 9.90 Å². The Kier molecular flexibility index (Phi) is 5.16. The molecule has 1 heterocycles. The van der Waals surface area contributed by atoms with Crippen LogP contribution in [-0.2, 0) is 6.54 Å². The van der Waals surface area contributed by atoms with Gasteiger partial charge in [0.15, 0.2) is 0 Å². The second-order valence-electron chi connectivity index (χ2n) is 5.36. The molecule has 0 saturated heterocycles. The van der Waals surface area contributed by atoms with Gasteiger partial charge in [0, 0.05) is 25.0 Å². The maximum atomic E-state index is 11.9. The zero-order valence-corrected chi connectivity index (χ0v) is 13.2. The summed E-state index contributed by atoms with van der Waals surface area (Å²) in [5.41, 5.74) is 3.89. The minimum absolute atomic E-state index is 0.0537. The van der Waals surface area contributed by atoms with Crippen LogP contribution in [0.4, 0.5) is 10.5 Å². The van der Waals surface area contributed by atoms with Crippen molar-refractivity contribution in [3.05, 3.63) is 47.3 Å². The van der Waals surface area contributed by atoms with Gasteiger partial charge in [-0.2, -0.15) is 5.10 Å². The number of carbonyl (C=O) groups excluding carboxylic acids is 1. The minimum Gasteiger partial charge on any atom is -0.395 e. The second-order valence-corrected chi connectivity index (χ2v) is 5.36. The lowest BCUT2D eigenvalue weighted by molar-refractivity contribution is 0.202. The number of aromatic nitrogens is 2. The van der Waals surface area contributed by atoms with Crippen molar-refractivity contribution in [3.63, 3.8) is 0 Å². The number of aryl methyl sites for hydroxylation is 2. The largest absolute Gasteiger partial charge is 0.395 e. The number of benzene rings is 1. The first-order chi connectivity index (χ1) is 10.5. The molecule has 0 bridgehead atoms. The molecule has 0 aliphatic heterocycles. The fourth-order valence-electron chi connectivity index (χ4n) is 2.23. The van der Waals surface area contributed by atoms with Crippen LogP contribution in [0.2, 0.25) is 0 Å². The number of likely N-dealkylation sites (N-methyl/N-ethyl adjacent to an activating group) is 1. The van der Waals surface area contributed by atoms with Gasteiger partial charge in [-0.05, 0) is 37.6 Å². The maximum absolute atomic E-state index is 11.9. The van der Waals surface area contributed by atoms with Gasteiger partial charge in [0.2, 0.25) is 0 Å². The Morgan fingerprint density at radius 3 is 2.77 bits per heavy atom. The normalized spacial score (nSPS) is 10.5. The van der Waals surface area contributed by atoms with Gasteiger partial charge in [0.05, 0.1) is 18.8 Å². The van der Waals surface area contributed by atoms with Crippen LogP contribution in [0.15, 0.2) is 30.3 Å². The van der Waals surface area contributed by atoms with E-state index in [9.17, 15) is 4.79 Å². The third-order valence-corrected chi connectivity index (χ3v) is 3.40. The number of carbonyl (C=O) groups is 1. The molecule has 2 aromatic rings. The lowest BCUT2D eigenvalue weighted by Crippen LogP contribution is -2.33. The highest BCUT2D eigenvalue weighted by Gasteiger charge is 2.08. The average Bonchev–Trinajstić information content (AvgIpc) is 2.77. The van der Waals surface area contributed by atoms with E-state index in [1.807, 2.05) is 48.9 Å². The van der Waals surface area contributed by atoms with Crippen LogP contribution in [0.25, 0.3) is 0 Å². The van der Waals surface area contributed by atoms with E-state index in [1.165, 1.54) is 4.90 Å². The molecule has 0 fully saturated rings. The van der Waals surface area contributed by atoms with E-state index in [2.05, 4.69) is 10.4 Å². The Bertz CT molecular complexity index is 651. The molecular formula is C16H22N4O2. The van der Waals surface area contributed by atoms with Gasteiger partial charge in [0.25, 0.3) is 0 Å². The van der Waals surface area contributed by atoms with E-state index >= 15 is 0 Å². The predicted octanol–water partition coefficient (Wildman–Crippen LogP) is 2.00. The standard InChI is InChI=1S/C16H22N4O2/c1-12-9-13(2)20(18-12)11-14-5-4-6-15(10-14)17-16(22)19(3)7-8-21/h4-6,9-10,21H,7-8,11H2,1-3H3,(H,17,22). The SMILES string of the molecule is Cc1cc(C)n(Cc2cccc(NC(=O)N(C)CCO)c2)n1. The van der Waals surface area contributed by atoms with Gasteiger partial charge >= 0.3 is 6.03 Å². The molecular weight excluding hydrogens is 280 g/mol. The summed E-state index contributed by atoms with van der Waals surface area (Å²) in [6, 6.07) is 9.48. The molecule has 22 heavy (non-hydrogen) atoms. The molecule has 0 spiro atoms. The molecule has 2 N–H and O–H groups in total. The Morgan fingerprint density at radius 1 is 1.36 bits per heavy atom. The Morgan fingerprint density at radius 2 is 2.14 bits per heavy atom. The van der Waals surface area contributed by atoms with Gasteiger partial charge in [-0.25, -0.2) is 4.79 Å². The number of rotatable bonds is 5. The summed E-state index contributed by atoms with van der Waals surface area (Å²) in [6.45, 7) is 4.90. The first-order valence-corrected chi connectivity index (χ1v) is 7.22. The van der Waals surface area contributed by atoms with E-state index in [-0.39, 0.29) is 12.6 Å². The number of hydrogen-bond donors (Lipinski definition) is 2. The highest BCUT2D eigenvalue weighted by Crippen LogP contribution is 2.13. The first kappa shape index (κ1) is 16.0. The van der Waals surface area contributed by atoms with Gasteiger partial charge in [-0.3, -0.25) is 4.68 Å². The number of aliphatic hydroxyl groups excluding tert-OH is 1. The molecule has 2 amide bonds. The molecule has 0 saturated carbocycles. The van der Waals surface area contributed by atoms with Crippen molar-refractivity contribution >= 4 is 11.7 Å². The molecule has 6 heteroatoms. The van der Waals surface area contributed by atoms with E-state index in [0.29, 0.717) is 13.1 Å². The van der Waals surface area contributed by atoms with E-state index < -0.39 is 0 Å². The van der Waals surface area contributed by atoms with Crippen LogP contribution >= 0.6 is 0 Å². The number of urea groups is 1. The number of aliphatic hydroxyl groups is 1. The van der Waals surface area contributed by atoms with Gasteiger partial charge in [-0.1, -0.05) is 12.1 Å². The Hall–Kier alpha value is -2.34. The molecule has 1 aromatic carbocycles. The van der Waals surface area contributed by atoms with E-state index in [1.54, 1.807) is 7.05 Å². The zero-order valence-electron chi connectivity index (χ0n) is 13.2. The van der Waals surface area contributed by atoms with E-state index in [0.717, 1.165) is 22.6 Å². The fourth-order valence-corrected chi connectivity index (χ4v) is 2.23. The molecule has 0 atom stereocenters. The first-order valence-electron chi connectivity index (χ1n) is 7.22. The summed E-state index contributed by atoms with van der Waals surface area (Å²) >= 11 is 0. The summed E-state index contributed by atoms with van der Waals surface area (Å²) in [5.74, 6) is 0. The van der Waals surface area contributed by atoms with Crippen LogP contribution in [0.5, 0.6) is 0 Å². The smallest absolute Gasteiger partial charge is 0.321 e. The number of nitrogens with one attached hydrogen (secondary N) is 1. The highest BCUT2D eigenvalue weighted by molar-refractivity contribution is 5.89. The van der Waals surface area contributed by atoms with Crippen molar-refractivity contribution in [1.29, 1.82) is 0 Å². The molecule has 0 aliphatic rings. The predicted molar refractivity (Wildman–Crippen MR) is 86.0 cm³/mol. The molecule has 2 rings (SSSR count). The van der Waals surface area contributed by atoms with Crippen molar-refractivity contribution in [2.75, 3.05) is 25.5 Å². The molecule has 0 radical (unpaired) electrons. The van der Waals surface area contributed by atoms with Gasteiger partial charge < -0.3 is 15.3 Å². The third kappa shape index (κ3) is 4.08. The Labute approximate surface area is 130 Å². The maximum Gasteiger partial charge on any atom is 0.321 e. The Balaban J connectivity index is 2.07. The summed E-state index contributed by atoms with van der Waals surface area (Å²) < 4.78 is 1.94. The van der Waals surface area contributed by atoms with Crippen molar-refractivity contribution in [3.8, 4) is 0 Å². The minimum atomic E-state index is -0.239. The topological polar surface area (TPSA) is 70.4 Å². The monoisotopic (exact) mass is 302 g/mol. The zero-order chi connectivity index (χ0) is 16.1. The summed E-state index contributed by atoms with van der Waals surface area (Å²) in [4.78, 5) is 13.4. The molecule has 0 unspecified atom stereocenters. The van der Waals surface area contributed by atoms with E-state index in [4.69, 9.17) is 5.11 Å². The number of nitrogens with zero attached hydrogens (tertiary/aromatic N) is 3. The van der Waals surface area contributed by atoms with Crippen LogP contribution in [0.1, 0.15) is 17.0 Å². The van der Waals surface area contributed by atoms with Gasteiger partial charge in [-0.15, -0.1) is 0 Å². The molecule has 1 aromatic heterocycles. The fraction of sp³-hybridized carbons (Fsp3) is 0.375. The summed E-state index contributed by atoms with van der Waals surface area (Å²) in [7, 11) is 1.64. The van der Waals surface area contributed by atoms with Crippen molar-refractivity contribution in [2.24, 2.45) is 0 Å². The molecule has 118 valence electrons. The average molecular weight is 302 g/mol. The van der Waals surface area contributed by atoms with Crippen LogP contribution in [-0.4, -0.2) is 46.0 Å². The van der Waals surface area contributed by atoms with Gasteiger partial charge in [0.1, 0.15) is 0 Å². The quantitative estimate of drug-likeness (QED) is 0.887. The number of hydrogen-bond acceptors (Lipinski definition) is 3. The molecule has 0 aliphatic carbocycles. The number of amides is 2. The van der Waals surface area contributed by atoms with Crippen LogP contribution in [0, 0.1) is 13.8 Å². The van der Waals surface area contributed by atoms with Crippen LogP contribution < -0.4 is 5.32 Å². The second kappa shape index (κ2) is 7.09. The highest BCUT2D eigenvalue weighted by atomic mass is 16.3. The lowest BCUT2D eigenvalue weighted by Gasteiger charge is -2.17. The van der Waals surface area contributed by atoms with Crippen molar-refractivity contribution in [2.45, 2.75) is 20.4 Å². The summed E-state index contributed by atoms with van der Waals surface area (Å²) in [5, 5.41) is 16.1. The third-order valence-electron chi connectivity index (χ3n) is 3.40. The van der Waals surface area contributed by atoms with Crippen molar-refractivity contribution in [1.82, 2.24) is 14.7 Å². The lowest BCUT2D eigenvalue weighted by atomic mass is 10.2. The number of anilines is 1.